The maximum Gasteiger partial charge on any atom is 0.159 e. The molecule has 11 rings (SSSR count). The lowest BCUT2D eigenvalue weighted by atomic mass is 10.1. The van der Waals surface area contributed by atoms with E-state index in [0.29, 0.717) is 0 Å². The zero-order valence-corrected chi connectivity index (χ0v) is 24.7. The van der Waals surface area contributed by atoms with E-state index < -0.39 is 0 Å². The summed E-state index contributed by atoms with van der Waals surface area (Å²) < 4.78 is 11.5. The Labute approximate surface area is 263 Å². The molecule has 7 aromatic carbocycles. The average Bonchev–Trinajstić information content (AvgIpc) is 3.77. The first-order valence-corrected chi connectivity index (χ1v) is 15.7. The van der Waals surface area contributed by atoms with Crippen LogP contribution < -0.4 is 4.90 Å². The number of furan rings is 1. The molecule has 1 aliphatic heterocycles. The van der Waals surface area contributed by atoms with Gasteiger partial charge in [-0.2, -0.15) is 0 Å². The number of hydrogen-bond acceptors (Lipinski definition) is 2. The van der Waals surface area contributed by atoms with Gasteiger partial charge in [-0.15, -0.1) is 0 Å². The Morgan fingerprint density at radius 1 is 0.370 bits per heavy atom. The second-order valence-electron chi connectivity index (χ2n) is 12.2. The van der Waals surface area contributed by atoms with Gasteiger partial charge >= 0.3 is 0 Å². The van der Waals surface area contributed by atoms with Gasteiger partial charge in [-0.1, -0.05) is 91.0 Å². The number of benzene rings is 7. The summed E-state index contributed by atoms with van der Waals surface area (Å²) in [5.41, 5.74) is 12.3. The summed E-state index contributed by atoms with van der Waals surface area (Å²) in [6, 6.07) is 54.5. The average molecular weight is 588 g/mol. The maximum absolute atomic E-state index is 6.58. The van der Waals surface area contributed by atoms with E-state index in [4.69, 9.17) is 4.42 Å². The molecule has 0 saturated carbocycles. The summed E-state index contributed by atoms with van der Waals surface area (Å²) in [6.45, 7) is 0. The molecule has 0 unspecified atom stereocenters. The Morgan fingerprint density at radius 2 is 0.978 bits per heavy atom. The molecule has 0 aliphatic carbocycles. The van der Waals surface area contributed by atoms with Gasteiger partial charge in [0.25, 0.3) is 0 Å². The highest BCUT2D eigenvalue weighted by molar-refractivity contribution is 6.23. The number of nitrogens with zero attached hydrogens (tertiary/aromatic N) is 3. The van der Waals surface area contributed by atoms with E-state index in [1.807, 2.05) is 6.07 Å². The molecule has 46 heavy (non-hydrogen) atoms. The Bertz CT molecular complexity index is 2870. The van der Waals surface area contributed by atoms with Crippen LogP contribution in [0.15, 0.2) is 156 Å². The van der Waals surface area contributed by atoms with Gasteiger partial charge in [-0.3, -0.25) is 0 Å². The zero-order valence-electron chi connectivity index (χ0n) is 24.7. The SMILES string of the molecule is c1ccc(-n2c3ccccc3c3cc4c(cc32)c2cccc3c2n4-c2ccccc2N3c2cccc3c2oc2ccccc23)cc1. The second-order valence-corrected chi connectivity index (χ2v) is 12.2. The highest BCUT2D eigenvalue weighted by atomic mass is 16.3. The highest BCUT2D eigenvalue weighted by Gasteiger charge is 2.30. The molecule has 3 aromatic heterocycles. The molecule has 0 saturated heterocycles. The standard InChI is InChI=1S/C42H25N3O/c1-2-12-26(13-3-1)43-33-18-6-4-14-27(33)31-24-39-32(25-38(31)43)29-16-10-21-36-41(29)45(39)35-20-8-7-19-34(35)44(36)37-22-11-17-30-28-15-5-9-23-40(28)46-42(30)37/h1-25H. The van der Waals surface area contributed by atoms with Gasteiger partial charge in [-0.25, -0.2) is 0 Å². The van der Waals surface area contributed by atoms with Gasteiger partial charge in [0, 0.05) is 38.0 Å². The van der Waals surface area contributed by atoms with Gasteiger partial charge < -0.3 is 18.5 Å². The van der Waals surface area contributed by atoms with Crippen molar-refractivity contribution in [3.8, 4) is 11.4 Å². The van der Waals surface area contributed by atoms with Crippen LogP contribution in [0.25, 0.3) is 76.9 Å². The maximum atomic E-state index is 6.58. The lowest BCUT2D eigenvalue weighted by Gasteiger charge is -2.33. The van der Waals surface area contributed by atoms with Crippen LogP contribution in [-0.2, 0) is 0 Å². The van der Waals surface area contributed by atoms with E-state index in [2.05, 4.69) is 160 Å². The fraction of sp³-hybridized carbons (Fsp3) is 0. The van der Waals surface area contributed by atoms with E-state index in [0.717, 1.165) is 50.4 Å². The van der Waals surface area contributed by atoms with Crippen molar-refractivity contribution in [1.29, 1.82) is 0 Å². The molecule has 0 fully saturated rings. The van der Waals surface area contributed by atoms with E-state index in [9.17, 15) is 0 Å². The van der Waals surface area contributed by atoms with Crippen LogP contribution in [0, 0.1) is 0 Å². The second kappa shape index (κ2) is 8.68. The molecule has 4 heterocycles. The first-order chi connectivity index (χ1) is 22.8. The predicted octanol–water partition coefficient (Wildman–Crippen LogP) is 11.6. The van der Waals surface area contributed by atoms with Crippen molar-refractivity contribution in [3.05, 3.63) is 152 Å². The number of para-hydroxylation sites is 7. The van der Waals surface area contributed by atoms with Crippen LogP contribution in [0.4, 0.5) is 17.1 Å². The lowest BCUT2D eigenvalue weighted by Crippen LogP contribution is -2.18. The Balaban J connectivity index is 1.28. The minimum atomic E-state index is 0.897. The van der Waals surface area contributed by atoms with Crippen molar-refractivity contribution >= 4 is 82.6 Å². The molecule has 1 aliphatic rings. The molecule has 0 radical (unpaired) electrons. The number of fused-ring (bicyclic) bond motifs is 11. The molecule has 0 spiro atoms. The Morgan fingerprint density at radius 3 is 1.85 bits per heavy atom. The van der Waals surface area contributed by atoms with Crippen LogP contribution in [0.1, 0.15) is 0 Å². The number of anilines is 3. The predicted molar refractivity (Wildman–Crippen MR) is 191 cm³/mol. The molecule has 0 atom stereocenters. The minimum Gasteiger partial charge on any atom is -0.454 e. The van der Waals surface area contributed by atoms with E-state index in [1.165, 1.54) is 43.6 Å². The quantitative estimate of drug-likeness (QED) is 0.201. The van der Waals surface area contributed by atoms with Crippen LogP contribution >= 0.6 is 0 Å². The first kappa shape index (κ1) is 24.1. The van der Waals surface area contributed by atoms with Crippen LogP contribution in [-0.4, -0.2) is 9.13 Å². The smallest absolute Gasteiger partial charge is 0.159 e. The zero-order chi connectivity index (χ0) is 29.9. The van der Waals surface area contributed by atoms with E-state index in [1.54, 1.807) is 0 Å². The summed E-state index contributed by atoms with van der Waals surface area (Å²) >= 11 is 0. The Hall–Kier alpha value is -6.26. The molecule has 0 bridgehead atoms. The summed E-state index contributed by atoms with van der Waals surface area (Å²) in [6.07, 6.45) is 0. The van der Waals surface area contributed by atoms with Gasteiger partial charge in [0.05, 0.1) is 44.8 Å². The van der Waals surface area contributed by atoms with Crippen molar-refractivity contribution < 1.29 is 4.42 Å². The van der Waals surface area contributed by atoms with Gasteiger partial charge in [0.2, 0.25) is 0 Å². The molecule has 10 aromatic rings. The van der Waals surface area contributed by atoms with Crippen LogP contribution in [0.2, 0.25) is 0 Å². The van der Waals surface area contributed by atoms with Crippen molar-refractivity contribution in [2.45, 2.75) is 0 Å². The highest BCUT2D eigenvalue weighted by Crippen LogP contribution is 2.52. The molecule has 4 nitrogen and oxygen atoms in total. The summed E-state index contributed by atoms with van der Waals surface area (Å²) in [4.78, 5) is 2.39. The number of aromatic nitrogens is 2. The Kier molecular flexibility index (Phi) is 4.55. The minimum absolute atomic E-state index is 0.897. The van der Waals surface area contributed by atoms with Crippen molar-refractivity contribution in [2.24, 2.45) is 0 Å². The van der Waals surface area contributed by atoms with E-state index in [-0.39, 0.29) is 0 Å². The van der Waals surface area contributed by atoms with Crippen molar-refractivity contribution in [1.82, 2.24) is 9.13 Å². The largest absolute Gasteiger partial charge is 0.454 e. The first-order valence-electron chi connectivity index (χ1n) is 15.7. The van der Waals surface area contributed by atoms with Crippen LogP contribution in [0.3, 0.4) is 0 Å². The fourth-order valence-electron chi connectivity index (χ4n) is 7.93. The molecule has 0 amide bonds. The number of rotatable bonds is 2. The molecule has 0 N–H and O–H groups in total. The molecule has 4 heteroatoms. The molecular formula is C42H25N3O. The van der Waals surface area contributed by atoms with Crippen molar-refractivity contribution in [3.63, 3.8) is 0 Å². The number of hydrogen-bond donors (Lipinski definition) is 0. The molecular weight excluding hydrogens is 562 g/mol. The third kappa shape index (κ3) is 2.98. The van der Waals surface area contributed by atoms with E-state index >= 15 is 0 Å². The summed E-state index contributed by atoms with van der Waals surface area (Å²) in [5.74, 6) is 0. The normalized spacial score (nSPS) is 12.7. The van der Waals surface area contributed by atoms with Crippen LogP contribution in [0.5, 0.6) is 0 Å². The lowest BCUT2D eigenvalue weighted by molar-refractivity contribution is 0.669. The van der Waals surface area contributed by atoms with Crippen molar-refractivity contribution in [2.75, 3.05) is 4.90 Å². The third-order valence-electron chi connectivity index (χ3n) is 9.80. The van der Waals surface area contributed by atoms with Gasteiger partial charge in [-0.05, 0) is 60.7 Å². The van der Waals surface area contributed by atoms with Gasteiger partial charge in [0.15, 0.2) is 5.58 Å². The molecule has 214 valence electrons. The third-order valence-corrected chi connectivity index (χ3v) is 9.80. The topological polar surface area (TPSA) is 26.2 Å². The fourth-order valence-corrected chi connectivity index (χ4v) is 7.93. The van der Waals surface area contributed by atoms with Gasteiger partial charge in [0.1, 0.15) is 5.58 Å². The monoisotopic (exact) mass is 587 g/mol. The summed E-state index contributed by atoms with van der Waals surface area (Å²) in [7, 11) is 0. The summed E-state index contributed by atoms with van der Waals surface area (Å²) in [5, 5.41) is 7.23.